The smallest absolute Gasteiger partial charge is 0.122 e. The van der Waals surface area contributed by atoms with Gasteiger partial charge >= 0.3 is 0 Å². The van der Waals surface area contributed by atoms with Gasteiger partial charge in [0, 0.05) is 25.7 Å². The summed E-state index contributed by atoms with van der Waals surface area (Å²) in [5.41, 5.74) is 5.32. The van der Waals surface area contributed by atoms with Gasteiger partial charge in [0.15, 0.2) is 0 Å². The fraction of sp³-hybridized carbons (Fsp3) is 0.294. The molecule has 4 N–H and O–H groups in total. The third-order valence-electron chi connectivity index (χ3n) is 7.81. The molecule has 0 aliphatic heterocycles. The van der Waals surface area contributed by atoms with E-state index >= 15 is 0 Å². The van der Waals surface area contributed by atoms with E-state index in [0.717, 1.165) is 0 Å². The quantitative estimate of drug-likeness (QED) is 0.280. The Balaban J connectivity index is 0.000000448. The zero-order valence-corrected chi connectivity index (χ0v) is 23.1. The zero-order valence-electron chi connectivity index (χ0n) is 23.1. The summed E-state index contributed by atoms with van der Waals surface area (Å²) in [4.78, 5) is 1.68. The number of para-hydroxylation sites is 4. The highest BCUT2D eigenvalue weighted by Crippen LogP contribution is 2.36. The summed E-state index contributed by atoms with van der Waals surface area (Å²) in [6.07, 6.45) is 1.33. The first kappa shape index (κ1) is 28.1. The summed E-state index contributed by atoms with van der Waals surface area (Å²) < 4.78 is 0. The van der Waals surface area contributed by atoms with Gasteiger partial charge in [-0.1, -0.05) is 83.9 Å². The Bertz CT molecular complexity index is 1130. The van der Waals surface area contributed by atoms with Crippen molar-refractivity contribution < 1.29 is 25.3 Å². The molecule has 0 radical (unpaired) electrons. The Labute approximate surface area is 231 Å². The van der Waals surface area contributed by atoms with Crippen LogP contribution in [0.3, 0.4) is 0 Å². The van der Waals surface area contributed by atoms with E-state index in [2.05, 4.69) is 20.8 Å². The summed E-state index contributed by atoms with van der Waals surface area (Å²) in [6, 6.07) is 22.0. The predicted octanol–water partition coefficient (Wildman–Crippen LogP) is 4.48. The summed E-state index contributed by atoms with van der Waals surface area (Å²) in [7, 11) is 0. The molecule has 39 heavy (non-hydrogen) atoms. The lowest BCUT2D eigenvalue weighted by Gasteiger charge is -2.21. The van der Waals surface area contributed by atoms with Crippen LogP contribution in [0.5, 0.6) is 23.0 Å². The van der Waals surface area contributed by atoms with Gasteiger partial charge < -0.3 is 25.3 Å². The first-order valence-electron chi connectivity index (χ1n) is 13.9. The van der Waals surface area contributed by atoms with Crippen LogP contribution in [0, 0.1) is 0 Å². The fourth-order valence-electron chi connectivity index (χ4n) is 5.28. The van der Waals surface area contributed by atoms with Crippen LogP contribution in [0.15, 0.2) is 72.8 Å². The number of quaternary nitrogens is 1. The topological polar surface area (TPSA) is 88.2 Å². The van der Waals surface area contributed by atoms with Gasteiger partial charge in [-0.3, -0.25) is 0 Å². The van der Waals surface area contributed by atoms with Crippen molar-refractivity contribution in [1.82, 2.24) is 0 Å². The summed E-state index contributed by atoms with van der Waals surface area (Å²) in [5, 5.41) is 46.0. The Morgan fingerprint density at radius 2 is 0.718 bits per heavy atom. The van der Waals surface area contributed by atoms with E-state index in [4.69, 9.17) is 0 Å². The van der Waals surface area contributed by atoms with Crippen molar-refractivity contribution in [2.45, 2.75) is 46.5 Å². The van der Waals surface area contributed by atoms with Gasteiger partial charge in [-0.15, -0.1) is 5.75 Å². The second-order valence-electron chi connectivity index (χ2n) is 10.2. The van der Waals surface area contributed by atoms with E-state index in [1.807, 2.05) is 60.7 Å². The van der Waals surface area contributed by atoms with Crippen molar-refractivity contribution in [2.75, 3.05) is 19.6 Å². The van der Waals surface area contributed by atoms with E-state index in [1.165, 1.54) is 19.6 Å². The maximum absolute atomic E-state index is 13.2. The number of benzene rings is 4. The van der Waals surface area contributed by atoms with Gasteiger partial charge in [0.25, 0.3) is 0 Å². The highest BCUT2D eigenvalue weighted by atomic mass is 16.3. The molecule has 8 bridgehead atoms. The molecule has 1 aliphatic carbocycles. The number of hydrogen-bond acceptors (Lipinski definition) is 4. The van der Waals surface area contributed by atoms with E-state index in [-0.39, 0.29) is 23.0 Å². The van der Waals surface area contributed by atoms with Crippen molar-refractivity contribution in [1.29, 1.82) is 0 Å². The van der Waals surface area contributed by atoms with Crippen LogP contribution >= 0.6 is 0 Å². The zero-order chi connectivity index (χ0) is 27.9. The third-order valence-corrected chi connectivity index (χ3v) is 7.81. The molecule has 0 heterocycles. The number of rotatable bonds is 3. The summed E-state index contributed by atoms with van der Waals surface area (Å²) >= 11 is 0. The van der Waals surface area contributed by atoms with Crippen LogP contribution in [0.25, 0.3) is 0 Å². The van der Waals surface area contributed by atoms with E-state index < -0.39 is 0 Å². The van der Waals surface area contributed by atoms with E-state index in [9.17, 15) is 20.4 Å². The molecule has 5 rings (SSSR count). The molecule has 0 saturated heterocycles. The lowest BCUT2D eigenvalue weighted by atomic mass is 9.91. The second kappa shape index (κ2) is 12.7. The van der Waals surface area contributed by atoms with Crippen LogP contribution in [0.4, 0.5) is 0 Å². The molecule has 0 spiro atoms. The van der Waals surface area contributed by atoms with E-state index in [0.29, 0.717) is 70.2 Å². The minimum Gasteiger partial charge on any atom is -0.872 e. The number of aromatic hydroxyl groups is 3. The number of nitrogens with one attached hydrogen (secondary N) is 1. The molecule has 5 nitrogen and oxygen atoms in total. The lowest BCUT2D eigenvalue weighted by Crippen LogP contribution is -3.11. The average Bonchev–Trinajstić information content (AvgIpc) is 2.93. The lowest BCUT2D eigenvalue weighted by molar-refractivity contribution is -0.894. The van der Waals surface area contributed by atoms with Gasteiger partial charge in [0.05, 0.1) is 19.6 Å². The standard InChI is InChI=1S/C28H24O4.C6H15N/c29-25-17-5-1-6-18(25)14-20-8-3-10-22(27(20)31)16-24-12-4-11-23(28(24)32)15-21-9-2-7-19(13-17)26(21)30;1-4-7(5-2)6-3/h1-12,29-32H,13-16H2;4-6H2,1-3H3. The molecule has 0 amide bonds. The molecular weight excluding hydrogens is 486 g/mol. The minimum atomic E-state index is -0.0722. The van der Waals surface area contributed by atoms with E-state index in [1.54, 1.807) is 17.0 Å². The Morgan fingerprint density at radius 3 is 0.949 bits per heavy atom. The molecular formula is C34H39NO4. The van der Waals surface area contributed by atoms with Gasteiger partial charge in [-0.2, -0.15) is 0 Å². The SMILES string of the molecule is CC[NH+](CC)CC.[O-]c1c2cccc1Cc1cccc(c1O)Cc1cccc(c1O)Cc1cccc(c1O)C2. The van der Waals surface area contributed by atoms with Gasteiger partial charge in [0.2, 0.25) is 0 Å². The molecule has 0 saturated carbocycles. The van der Waals surface area contributed by atoms with Crippen molar-refractivity contribution in [2.24, 2.45) is 0 Å². The highest BCUT2D eigenvalue weighted by Gasteiger charge is 2.16. The van der Waals surface area contributed by atoms with Gasteiger partial charge in [0.1, 0.15) is 17.2 Å². The maximum Gasteiger partial charge on any atom is 0.122 e. The number of hydrogen-bond donors (Lipinski definition) is 4. The fourth-order valence-corrected chi connectivity index (χ4v) is 5.28. The van der Waals surface area contributed by atoms with Gasteiger partial charge in [-0.25, -0.2) is 0 Å². The third kappa shape index (κ3) is 6.37. The summed E-state index contributed by atoms with van der Waals surface area (Å²) in [5.74, 6) is 0.396. The van der Waals surface area contributed by atoms with Crippen molar-refractivity contribution in [3.63, 3.8) is 0 Å². The van der Waals surface area contributed by atoms with Crippen LogP contribution in [0.1, 0.15) is 65.3 Å². The molecule has 0 fully saturated rings. The van der Waals surface area contributed by atoms with Crippen molar-refractivity contribution in [3.8, 4) is 23.0 Å². The predicted molar refractivity (Wildman–Crippen MR) is 154 cm³/mol. The van der Waals surface area contributed by atoms with Crippen LogP contribution in [0.2, 0.25) is 0 Å². The Kier molecular flexibility index (Phi) is 9.15. The van der Waals surface area contributed by atoms with Crippen LogP contribution in [-0.4, -0.2) is 35.0 Å². The normalized spacial score (nSPS) is 12.5. The highest BCUT2D eigenvalue weighted by molar-refractivity contribution is 5.54. The monoisotopic (exact) mass is 525 g/mol. The minimum absolute atomic E-state index is 0.0722. The molecule has 0 unspecified atom stereocenters. The number of phenols is 3. The molecule has 4 aromatic carbocycles. The molecule has 4 aromatic rings. The Morgan fingerprint density at radius 1 is 0.487 bits per heavy atom. The molecule has 5 heteroatoms. The van der Waals surface area contributed by atoms with Crippen LogP contribution < -0.4 is 10.0 Å². The Hall–Kier alpha value is -3.96. The first-order chi connectivity index (χ1) is 18.9. The number of fused-ring (bicyclic) bond motifs is 8. The maximum atomic E-state index is 13.2. The van der Waals surface area contributed by atoms with Crippen molar-refractivity contribution >= 4 is 0 Å². The van der Waals surface area contributed by atoms with Crippen molar-refractivity contribution in [3.05, 3.63) is 117 Å². The second-order valence-corrected chi connectivity index (χ2v) is 10.2. The molecule has 0 atom stereocenters. The molecule has 204 valence electrons. The first-order valence-corrected chi connectivity index (χ1v) is 13.9. The summed E-state index contributed by atoms with van der Waals surface area (Å²) in [6.45, 7) is 10.5. The number of phenolic OH excluding ortho intramolecular Hbond substituents is 3. The largest absolute Gasteiger partial charge is 0.872 e. The average molecular weight is 526 g/mol. The van der Waals surface area contributed by atoms with Gasteiger partial charge in [-0.05, 0) is 54.2 Å². The molecule has 0 aromatic heterocycles. The van der Waals surface area contributed by atoms with Crippen LogP contribution in [-0.2, 0) is 25.7 Å². The molecule has 1 aliphatic rings.